The first-order valence-corrected chi connectivity index (χ1v) is 6.46. The lowest BCUT2D eigenvalue weighted by molar-refractivity contribution is 0.392. The summed E-state index contributed by atoms with van der Waals surface area (Å²) in [5.74, 6) is 0.238. The molecule has 0 aliphatic carbocycles. The fraction of sp³-hybridized carbons (Fsp3) is 0.250. The summed E-state index contributed by atoms with van der Waals surface area (Å²) in [5, 5.41) is 0. The van der Waals surface area contributed by atoms with E-state index in [9.17, 15) is 8.78 Å². The van der Waals surface area contributed by atoms with E-state index < -0.39 is 17.7 Å². The highest BCUT2D eigenvalue weighted by atomic mass is 19.1. The van der Waals surface area contributed by atoms with Crippen molar-refractivity contribution in [1.29, 1.82) is 0 Å². The summed E-state index contributed by atoms with van der Waals surface area (Å²) in [5.41, 5.74) is 7.06. The number of nitrogens with two attached hydrogens (primary N) is 1. The molecule has 2 aromatic carbocycles. The van der Waals surface area contributed by atoms with Gasteiger partial charge in [0.05, 0.1) is 14.2 Å². The lowest BCUT2D eigenvalue weighted by Crippen LogP contribution is -2.14. The van der Waals surface area contributed by atoms with Crippen molar-refractivity contribution in [3.63, 3.8) is 0 Å². The maximum Gasteiger partial charge on any atom is 0.126 e. The van der Waals surface area contributed by atoms with E-state index in [1.807, 2.05) is 0 Å². The average Bonchev–Trinajstić information content (AvgIpc) is 2.50. The molecule has 2 N–H and O–H groups in total. The van der Waals surface area contributed by atoms with Crippen LogP contribution in [0.5, 0.6) is 11.5 Å². The number of hydrogen-bond donors (Lipinski definition) is 1. The Bertz CT molecular complexity index is 609. The smallest absolute Gasteiger partial charge is 0.126 e. The Balaban J connectivity index is 2.27. The van der Waals surface area contributed by atoms with Gasteiger partial charge in [-0.25, -0.2) is 8.78 Å². The molecule has 1 atom stereocenters. The summed E-state index contributed by atoms with van der Waals surface area (Å²) < 4.78 is 37.2. The molecule has 112 valence electrons. The monoisotopic (exact) mass is 293 g/mol. The van der Waals surface area contributed by atoms with Crippen LogP contribution in [0.25, 0.3) is 0 Å². The molecule has 0 saturated heterocycles. The maximum absolute atomic E-state index is 13.7. The Labute approximate surface area is 122 Å². The average molecular weight is 293 g/mol. The van der Waals surface area contributed by atoms with Gasteiger partial charge < -0.3 is 15.2 Å². The van der Waals surface area contributed by atoms with Crippen LogP contribution in [0, 0.1) is 11.6 Å². The van der Waals surface area contributed by atoms with Gasteiger partial charge in [0.15, 0.2) is 0 Å². The Morgan fingerprint density at radius 1 is 1.00 bits per heavy atom. The van der Waals surface area contributed by atoms with Gasteiger partial charge >= 0.3 is 0 Å². The summed E-state index contributed by atoms with van der Waals surface area (Å²) in [7, 11) is 3.08. The van der Waals surface area contributed by atoms with Gasteiger partial charge in [0.2, 0.25) is 0 Å². The van der Waals surface area contributed by atoms with Crippen molar-refractivity contribution in [2.24, 2.45) is 5.73 Å². The second-order valence-corrected chi connectivity index (χ2v) is 4.69. The molecule has 0 amide bonds. The Kier molecular flexibility index (Phi) is 4.75. The van der Waals surface area contributed by atoms with Crippen molar-refractivity contribution in [2.75, 3.05) is 14.2 Å². The van der Waals surface area contributed by atoms with Crippen LogP contribution >= 0.6 is 0 Å². The number of ether oxygens (including phenoxy) is 2. The molecule has 0 aliphatic heterocycles. The van der Waals surface area contributed by atoms with Crippen LogP contribution in [0.3, 0.4) is 0 Å². The topological polar surface area (TPSA) is 44.5 Å². The normalized spacial score (nSPS) is 12.0. The Morgan fingerprint density at radius 3 is 2.19 bits per heavy atom. The zero-order valence-electron chi connectivity index (χ0n) is 11.9. The van der Waals surface area contributed by atoms with Crippen LogP contribution < -0.4 is 15.2 Å². The third-order valence-electron chi connectivity index (χ3n) is 3.25. The zero-order chi connectivity index (χ0) is 15.4. The molecule has 5 heteroatoms. The molecule has 0 aliphatic rings. The van der Waals surface area contributed by atoms with Crippen LogP contribution in [0.15, 0.2) is 36.4 Å². The molecular formula is C16H17F2NO2. The zero-order valence-corrected chi connectivity index (χ0v) is 11.9. The number of hydrogen-bond acceptors (Lipinski definition) is 3. The van der Waals surface area contributed by atoms with E-state index in [4.69, 9.17) is 15.2 Å². The minimum atomic E-state index is -0.495. The van der Waals surface area contributed by atoms with Crippen molar-refractivity contribution in [2.45, 2.75) is 12.5 Å². The van der Waals surface area contributed by atoms with E-state index in [2.05, 4.69) is 0 Å². The van der Waals surface area contributed by atoms with E-state index in [0.717, 1.165) is 23.8 Å². The van der Waals surface area contributed by atoms with Crippen LogP contribution in [-0.4, -0.2) is 14.2 Å². The highest BCUT2D eigenvalue weighted by Crippen LogP contribution is 2.27. The third kappa shape index (κ3) is 3.70. The van der Waals surface area contributed by atoms with Crippen molar-refractivity contribution < 1.29 is 18.3 Å². The molecule has 0 bridgehead atoms. The van der Waals surface area contributed by atoms with Gasteiger partial charge in [-0.2, -0.15) is 0 Å². The molecule has 0 spiro atoms. The number of benzene rings is 2. The van der Waals surface area contributed by atoms with E-state index in [1.54, 1.807) is 18.2 Å². The number of halogens is 2. The van der Waals surface area contributed by atoms with Gasteiger partial charge in [0.25, 0.3) is 0 Å². The molecule has 21 heavy (non-hydrogen) atoms. The first-order valence-electron chi connectivity index (χ1n) is 6.46. The summed E-state index contributed by atoms with van der Waals surface area (Å²) in [6, 6.07) is 8.08. The molecule has 3 nitrogen and oxygen atoms in total. The Hall–Kier alpha value is -2.14. The molecule has 2 rings (SSSR count). The van der Waals surface area contributed by atoms with Crippen LogP contribution in [0.2, 0.25) is 0 Å². The SMILES string of the molecule is COc1cc(OC)cc(C(N)Cc2cc(F)ccc2F)c1. The standard InChI is InChI=1S/C16H17F2NO2/c1-20-13-6-11(7-14(9-13)21-2)16(19)8-10-5-12(17)3-4-15(10)18/h3-7,9,16H,8,19H2,1-2H3. The number of rotatable bonds is 5. The minimum Gasteiger partial charge on any atom is -0.497 e. The van der Waals surface area contributed by atoms with Crippen LogP contribution in [0.1, 0.15) is 17.2 Å². The van der Waals surface area contributed by atoms with Crippen LogP contribution in [-0.2, 0) is 6.42 Å². The highest BCUT2D eigenvalue weighted by molar-refractivity contribution is 5.40. The fourth-order valence-corrected chi connectivity index (χ4v) is 2.10. The predicted octanol–water partition coefficient (Wildman–Crippen LogP) is 3.22. The van der Waals surface area contributed by atoms with E-state index in [-0.39, 0.29) is 12.0 Å². The summed E-state index contributed by atoms with van der Waals surface area (Å²) in [4.78, 5) is 0. The first-order chi connectivity index (χ1) is 10.0. The van der Waals surface area contributed by atoms with Crippen molar-refractivity contribution >= 4 is 0 Å². The van der Waals surface area contributed by atoms with Crippen molar-refractivity contribution in [3.8, 4) is 11.5 Å². The lowest BCUT2D eigenvalue weighted by Gasteiger charge is -2.15. The molecule has 0 heterocycles. The predicted molar refractivity (Wildman–Crippen MR) is 76.5 cm³/mol. The van der Waals surface area contributed by atoms with E-state index in [0.29, 0.717) is 11.5 Å². The van der Waals surface area contributed by atoms with Crippen molar-refractivity contribution in [3.05, 3.63) is 59.2 Å². The molecule has 2 aromatic rings. The van der Waals surface area contributed by atoms with Gasteiger partial charge in [-0.15, -0.1) is 0 Å². The van der Waals surface area contributed by atoms with Gasteiger partial charge in [0.1, 0.15) is 23.1 Å². The summed E-state index contributed by atoms with van der Waals surface area (Å²) in [6.07, 6.45) is 0.180. The minimum absolute atomic E-state index is 0.180. The number of methoxy groups -OCH3 is 2. The second-order valence-electron chi connectivity index (χ2n) is 4.69. The quantitative estimate of drug-likeness (QED) is 0.920. The highest BCUT2D eigenvalue weighted by Gasteiger charge is 2.13. The third-order valence-corrected chi connectivity index (χ3v) is 3.25. The molecule has 0 radical (unpaired) electrons. The van der Waals surface area contributed by atoms with Crippen molar-refractivity contribution in [1.82, 2.24) is 0 Å². The van der Waals surface area contributed by atoms with E-state index in [1.165, 1.54) is 14.2 Å². The molecular weight excluding hydrogens is 276 g/mol. The first kappa shape index (κ1) is 15.3. The Morgan fingerprint density at radius 2 is 1.62 bits per heavy atom. The molecule has 0 saturated carbocycles. The van der Waals surface area contributed by atoms with Gasteiger partial charge in [-0.3, -0.25) is 0 Å². The fourth-order valence-electron chi connectivity index (χ4n) is 2.10. The lowest BCUT2D eigenvalue weighted by atomic mass is 9.99. The summed E-state index contributed by atoms with van der Waals surface area (Å²) >= 11 is 0. The van der Waals surface area contributed by atoms with Crippen LogP contribution in [0.4, 0.5) is 8.78 Å². The second kappa shape index (κ2) is 6.54. The summed E-state index contributed by atoms with van der Waals surface area (Å²) in [6.45, 7) is 0. The largest absolute Gasteiger partial charge is 0.497 e. The van der Waals surface area contributed by atoms with Gasteiger partial charge in [-0.1, -0.05) is 0 Å². The molecule has 1 unspecified atom stereocenters. The van der Waals surface area contributed by atoms with Gasteiger partial charge in [0, 0.05) is 12.1 Å². The maximum atomic E-state index is 13.7. The van der Waals surface area contributed by atoms with Gasteiger partial charge in [-0.05, 0) is 47.9 Å². The van der Waals surface area contributed by atoms with E-state index >= 15 is 0 Å². The molecule has 0 aromatic heterocycles. The molecule has 0 fully saturated rings.